The van der Waals surface area contributed by atoms with Crippen molar-refractivity contribution < 1.29 is 23.2 Å². The lowest BCUT2D eigenvalue weighted by Gasteiger charge is -2.01. The number of nitrogens with zero attached hydrogens (tertiary/aromatic N) is 2. The van der Waals surface area contributed by atoms with Gasteiger partial charge in [-0.05, 0) is 25.5 Å². The zero-order chi connectivity index (χ0) is 19.6. The van der Waals surface area contributed by atoms with Crippen LogP contribution in [-0.2, 0) is 16.7 Å². The molecule has 1 aromatic heterocycles. The summed E-state index contributed by atoms with van der Waals surface area (Å²) < 4.78 is 31.7. The van der Waals surface area contributed by atoms with Gasteiger partial charge in [0.1, 0.15) is 16.4 Å². The van der Waals surface area contributed by atoms with Crippen LogP contribution in [0.3, 0.4) is 0 Å². The van der Waals surface area contributed by atoms with Gasteiger partial charge in [-0.2, -0.15) is 8.42 Å². The number of aromatic nitrogens is 2. The van der Waals surface area contributed by atoms with Crippen molar-refractivity contribution in [2.24, 2.45) is 0 Å². The van der Waals surface area contributed by atoms with Crippen molar-refractivity contribution in [2.45, 2.75) is 63.8 Å². The summed E-state index contributed by atoms with van der Waals surface area (Å²) in [6.45, 7) is 5.43. The number of hydrogen-bond acceptors (Lipinski definition) is 5. The van der Waals surface area contributed by atoms with Gasteiger partial charge in [-0.1, -0.05) is 39.0 Å². The van der Waals surface area contributed by atoms with Crippen molar-refractivity contribution in [3.8, 4) is 11.5 Å². The smallest absolute Gasteiger partial charge is 0.298 e. The molecule has 0 radical (unpaired) electrons. The summed E-state index contributed by atoms with van der Waals surface area (Å²) in [5, 5.41) is 17.7. The first-order valence-corrected chi connectivity index (χ1v) is 10.2. The van der Waals surface area contributed by atoms with E-state index < -0.39 is 20.8 Å². The van der Waals surface area contributed by atoms with E-state index in [1.54, 1.807) is 0 Å². The summed E-state index contributed by atoms with van der Waals surface area (Å²) in [6.07, 6.45) is 12.2. The molecular formula is C18H28N2O5S. The number of benzene rings is 1. The van der Waals surface area contributed by atoms with Gasteiger partial charge in [0.05, 0.1) is 12.0 Å². The lowest BCUT2D eigenvalue weighted by Crippen LogP contribution is -1.97. The van der Waals surface area contributed by atoms with Crippen LogP contribution < -0.4 is 0 Å². The van der Waals surface area contributed by atoms with Crippen LogP contribution in [0.4, 0.5) is 0 Å². The van der Waals surface area contributed by atoms with Crippen molar-refractivity contribution in [1.29, 1.82) is 0 Å². The monoisotopic (exact) mass is 384 g/mol. The summed E-state index contributed by atoms with van der Waals surface area (Å²) in [4.78, 5) is 3.50. The van der Waals surface area contributed by atoms with Crippen molar-refractivity contribution >= 4 is 10.1 Å². The van der Waals surface area contributed by atoms with E-state index in [0.29, 0.717) is 0 Å². The van der Waals surface area contributed by atoms with E-state index in [1.807, 2.05) is 13.3 Å². The Morgan fingerprint density at radius 1 is 1.08 bits per heavy atom. The maximum absolute atomic E-state index is 10.5. The highest BCUT2D eigenvalue weighted by molar-refractivity contribution is 7.86. The highest BCUT2D eigenvalue weighted by atomic mass is 32.2. The SMILES string of the molecule is CCCCCCCCn1cnc(C)c1.O=S(=O)(O)c1cc(O)ccc1O. The second-order valence-electron chi connectivity index (χ2n) is 6.15. The van der Waals surface area contributed by atoms with Crippen molar-refractivity contribution in [1.82, 2.24) is 9.55 Å². The first-order chi connectivity index (χ1) is 12.2. The molecule has 0 bridgehead atoms. The van der Waals surface area contributed by atoms with Crippen LogP contribution >= 0.6 is 0 Å². The fourth-order valence-corrected chi connectivity index (χ4v) is 2.98. The minimum atomic E-state index is -4.47. The summed E-state index contributed by atoms with van der Waals surface area (Å²) >= 11 is 0. The molecule has 146 valence electrons. The third-order valence-corrected chi connectivity index (χ3v) is 4.64. The Balaban J connectivity index is 0.000000263. The molecule has 8 heteroatoms. The lowest BCUT2D eigenvalue weighted by atomic mass is 10.1. The minimum absolute atomic E-state index is 0.347. The molecule has 0 atom stereocenters. The maximum atomic E-state index is 10.5. The largest absolute Gasteiger partial charge is 0.508 e. The van der Waals surface area contributed by atoms with Gasteiger partial charge in [0, 0.05) is 18.8 Å². The molecule has 1 heterocycles. The van der Waals surface area contributed by atoms with E-state index in [1.165, 1.54) is 38.5 Å². The molecule has 7 nitrogen and oxygen atoms in total. The van der Waals surface area contributed by atoms with Crippen LogP contribution in [0, 0.1) is 6.92 Å². The molecule has 0 spiro atoms. The van der Waals surface area contributed by atoms with Crippen molar-refractivity contribution in [3.05, 3.63) is 36.4 Å². The van der Waals surface area contributed by atoms with Gasteiger partial charge in [-0.15, -0.1) is 0 Å². The van der Waals surface area contributed by atoms with Gasteiger partial charge >= 0.3 is 0 Å². The van der Waals surface area contributed by atoms with E-state index in [0.717, 1.165) is 30.4 Å². The summed E-state index contributed by atoms with van der Waals surface area (Å²) in [5.74, 6) is -0.948. The average molecular weight is 384 g/mol. The lowest BCUT2D eigenvalue weighted by molar-refractivity contribution is 0.433. The molecule has 0 saturated carbocycles. The summed E-state index contributed by atoms with van der Waals surface area (Å²) in [6, 6.07) is 2.83. The van der Waals surface area contributed by atoms with Crippen molar-refractivity contribution in [2.75, 3.05) is 0 Å². The maximum Gasteiger partial charge on any atom is 0.298 e. The fourth-order valence-electron chi connectivity index (χ4n) is 2.38. The van der Waals surface area contributed by atoms with Crippen LogP contribution in [0.2, 0.25) is 0 Å². The van der Waals surface area contributed by atoms with Gasteiger partial charge in [0.25, 0.3) is 10.1 Å². The third kappa shape index (κ3) is 8.35. The van der Waals surface area contributed by atoms with Crippen LogP contribution in [0.1, 0.15) is 51.1 Å². The molecule has 0 unspecified atom stereocenters. The Labute approximate surface area is 155 Å². The van der Waals surface area contributed by atoms with E-state index in [-0.39, 0.29) is 5.75 Å². The third-order valence-electron chi connectivity index (χ3n) is 3.75. The molecule has 0 saturated heterocycles. The highest BCUT2D eigenvalue weighted by Crippen LogP contribution is 2.25. The fraction of sp³-hybridized carbons (Fsp3) is 0.500. The second kappa shape index (κ2) is 10.8. The Morgan fingerprint density at radius 3 is 2.27 bits per heavy atom. The molecule has 26 heavy (non-hydrogen) atoms. The Hall–Kier alpha value is -2.06. The number of unbranched alkanes of at least 4 members (excludes halogenated alkanes) is 5. The number of hydrogen-bond donors (Lipinski definition) is 3. The van der Waals surface area contributed by atoms with Gasteiger partial charge in [0.2, 0.25) is 0 Å². The Bertz CT molecular complexity index is 772. The first kappa shape index (κ1) is 22.0. The van der Waals surface area contributed by atoms with Gasteiger partial charge in [-0.25, -0.2) is 4.98 Å². The number of aryl methyl sites for hydroxylation is 2. The topological polar surface area (TPSA) is 113 Å². The van der Waals surface area contributed by atoms with E-state index in [9.17, 15) is 8.42 Å². The predicted octanol–water partition coefficient (Wildman–Crippen LogP) is 3.90. The Kier molecular flexibility index (Phi) is 9.15. The van der Waals surface area contributed by atoms with Gasteiger partial charge in [0.15, 0.2) is 0 Å². The molecule has 0 aliphatic heterocycles. The number of rotatable bonds is 8. The molecule has 0 aliphatic rings. The standard InChI is InChI=1S/C12H22N2.C6H6O5S/c1-3-4-5-6-7-8-9-14-10-12(2)13-11-14;7-4-1-2-5(8)6(3-4)12(9,10)11/h10-11H,3-9H2,1-2H3;1-3,7-8H,(H,9,10,11). The van der Waals surface area contributed by atoms with E-state index in [4.69, 9.17) is 14.8 Å². The normalized spacial score (nSPS) is 11.0. The van der Waals surface area contributed by atoms with Crippen LogP contribution in [-0.4, -0.2) is 32.7 Å². The number of imidazole rings is 1. The van der Waals surface area contributed by atoms with Gasteiger partial charge in [-0.3, -0.25) is 4.55 Å². The van der Waals surface area contributed by atoms with Crippen LogP contribution in [0.15, 0.2) is 35.6 Å². The molecule has 0 fully saturated rings. The second-order valence-corrected chi connectivity index (χ2v) is 7.54. The molecule has 1 aromatic carbocycles. The molecule has 0 aliphatic carbocycles. The van der Waals surface area contributed by atoms with Crippen molar-refractivity contribution in [3.63, 3.8) is 0 Å². The number of phenols is 2. The minimum Gasteiger partial charge on any atom is -0.508 e. The van der Waals surface area contributed by atoms with Crippen LogP contribution in [0.25, 0.3) is 0 Å². The van der Waals surface area contributed by atoms with E-state index in [2.05, 4.69) is 22.7 Å². The first-order valence-electron chi connectivity index (χ1n) is 8.72. The number of aromatic hydroxyl groups is 2. The molecule has 2 rings (SSSR count). The molecule has 3 N–H and O–H groups in total. The summed E-state index contributed by atoms with van der Waals surface area (Å²) in [5.41, 5.74) is 1.12. The van der Waals surface area contributed by atoms with Gasteiger partial charge < -0.3 is 14.8 Å². The zero-order valence-electron chi connectivity index (χ0n) is 15.3. The quantitative estimate of drug-likeness (QED) is 0.361. The Morgan fingerprint density at radius 2 is 1.73 bits per heavy atom. The predicted molar refractivity (Wildman–Crippen MR) is 99.9 cm³/mol. The average Bonchev–Trinajstić information content (AvgIpc) is 2.98. The summed E-state index contributed by atoms with van der Waals surface area (Å²) in [7, 11) is -4.47. The van der Waals surface area contributed by atoms with E-state index >= 15 is 0 Å². The number of phenolic OH excluding ortho intramolecular Hbond substituents is 2. The molecular weight excluding hydrogens is 356 g/mol. The molecule has 2 aromatic rings. The molecule has 0 amide bonds. The zero-order valence-corrected chi connectivity index (χ0v) is 16.1. The van der Waals surface area contributed by atoms with Crippen LogP contribution in [0.5, 0.6) is 11.5 Å². The highest BCUT2D eigenvalue weighted by Gasteiger charge is 2.15.